The molecule has 0 aliphatic rings. The van der Waals surface area contributed by atoms with Crippen LogP contribution in [0.1, 0.15) is 21.7 Å². The maximum Gasteiger partial charge on any atom is 0.272 e. The van der Waals surface area contributed by atoms with Crippen molar-refractivity contribution >= 4 is 21.8 Å². The predicted octanol–water partition coefficient (Wildman–Crippen LogP) is 3.43. The Kier molecular flexibility index (Phi) is 5.30. The monoisotopic (exact) mass is 332 g/mol. The van der Waals surface area contributed by atoms with Crippen molar-refractivity contribution in [2.75, 3.05) is 11.9 Å². The molecule has 0 aliphatic heterocycles. The van der Waals surface area contributed by atoms with Gasteiger partial charge in [-0.15, -0.1) is 0 Å². The van der Waals surface area contributed by atoms with Crippen LogP contribution in [0.5, 0.6) is 0 Å². The summed E-state index contributed by atoms with van der Waals surface area (Å²) in [5.41, 5.74) is 2.48. The molecule has 1 aromatic heterocycles. The van der Waals surface area contributed by atoms with Crippen LogP contribution in [0.25, 0.3) is 0 Å². The van der Waals surface area contributed by atoms with Gasteiger partial charge >= 0.3 is 0 Å². The summed E-state index contributed by atoms with van der Waals surface area (Å²) < 4.78 is 0. The Balaban J connectivity index is 2.18. The lowest BCUT2D eigenvalue weighted by Crippen LogP contribution is -2.32. The molecule has 0 spiro atoms. The number of aromatic nitrogens is 1. The van der Waals surface area contributed by atoms with Gasteiger partial charge in [0.15, 0.2) is 0 Å². The Morgan fingerprint density at radius 1 is 1.15 bits per heavy atom. The number of rotatable bonds is 5. The number of carbonyl (C=O) groups excluding carboxylic acids is 1. The van der Waals surface area contributed by atoms with E-state index in [1.54, 1.807) is 6.07 Å². The molecule has 0 fully saturated rings. The molecular formula is C16H17BrN2O. The number of aryl methyl sites for hydroxylation is 1. The van der Waals surface area contributed by atoms with Crippen molar-refractivity contribution < 1.29 is 4.79 Å². The Morgan fingerprint density at radius 3 is 2.55 bits per heavy atom. The second kappa shape index (κ2) is 7.20. The molecule has 2 rings (SSSR count). The highest BCUT2D eigenvalue weighted by Gasteiger charge is 2.16. The van der Waals surface area contributed by atoms with Crippen LogP contribution in [-0.2, 0) is 6.54 Å². The van der Waals surface area contributed by atoms with E-state index >= 15 is 0 Å². The van der Waals surface area contributed by atoms with Crippen molar-refractivity contribution in [2.45, 2.75) is 13.5 Å². The van der Waals surface area contributed by atoms with Gasteiger partial charge in [-0.2, -0.15) is 0 Å². The SMILES string of the molecule is Cc1cccc(C(=O)N(CCBr)Cc2ccccc2)n1. The first-order valence-electron chi connectivity index (χ1n) is 6.53. The third-order valence-corrected chi connectivity index (χ3v) is 3.32. The van der Waals surface area contributed by atoms with Crippen LogP contribution in [0, 0.1) is 6.92 Å². The minimum atomic E-state index is -0.0306. The smallest absolute Gasteiger partial charge is 0.272 e. The molecule has 1 aromatic carbocycles. The lowest BCUT2D eigenvalue weighted by atomic mass is 10.2. The Morgan fingerprint density at radius 2 is 1.90 bits per heavy atom. The fourth-order valence-electron chi connectivity index (χ4n) is 1.98. The number of hydrogen-bond donors (Lipinski definition) is 0. The Bertz CT molecular complexity index is 572. The Labute approximate surface area is 127 Å². The summed E-state index contributed by atoms with van der Waals surface area (Å²) in [6, 6.07) is 15.5. The molecule has 0 atom stereocenters. The summed E-state index contributed by atoms with van der Waals surface area (Å²) in [7, 11) is 0. The molecule has 0 radical (unpaired) electrons. The summed E-state index contributed by atoms with van der Waals surface area (Å²) in [6.45, 7) is 3.15. The lowest BCUT2D eigenvalue weighted by Gasteiger charge is -2.21. The highest BCUT2D eigenvalue weighted by molar-refractivity contribution is 9.09. The van der Waals surface area contributed by atoms with Gasteiger partial charge in [0.1, 0.15) is 5.69 Å². The maximum absolute atomic E-state index is 12.5. The van der Waals surface area contributed by atoms with Crippen molar-refractivity contribution in [3.8, 4) is 0 Å². The van der Waals surface area contributed by atoms with Gasteiger partial charge < -0.3 is 4.90 Å². The van der Waals surface area contributed by atoms with Crippen molar-refractivity contribution in [3.63, 3.8) is 0 Å². The average Bonchev–Trinajstić information content (AvgIpc) is 2.47. The number of pyridine rings is 1. The van der Waals surface area contributed by atoms with Crippen LogP contribution in [0.4, 0.5) is 0 Å². The first-order chi connectivity index (χ1) is 9.70. The van der Waals surface area contributed by atoms with Gasteiger partial charge in [0.2, 0.25) is 0 Å². The third kappa shape index (κ3) is 3.90. The fraction of sp³-hybridized carbons (Fsp3) is 0.250. The van der Waals surface area contributed by atoms with Crippen LogP contribution >= 0.6 is 15.9 Å². The van der Waals surface area contributed by atoms with Gasteiger partial charge in [-0.25, -0.2) is 4.98 Å². The molecule has 104 valence electrons. The summed E-state index contributed by atoms with van der Waals surface area (Å²) in [4.78, 5) is 18.7. The molecule has 0 N–H and O–H groups in total. The first-order valence-corrected chi connectivity index (χ1v) is 7.65. The van der Waals surface area contributed by atoms with E-state index < -0.39 is 0 Å². The maximum atomic E-state index is 12.5. The zero-order chi connectivity index (χ0) is 14.4. The van der Waals surface area contributed by atoms with Gasteiger partial charge in [0, 0.05) is 24.1 Å². The number of carbonyl (C=O) groups is 1. The normalized spacial score (nSPS) is 10.3. The zero-order valence-corrected chi connectivity index (χ0v) is 13.0. The van der Waals surface area contributed by atoms with E-state index in [9.17, 15) is 4.79 Å². The molecule has 0 saturated heterocycles. The van der Waals surface area contributed by atoms with Crippen molar-refractivity contribution in [2.24, 2.45) is 0 Å². The number of nitrogens with zero attached hydrogens (tertiary/aromatic N) is 2. The van der Waals surface area contributed by atoms with Crippen LogP contribution in [0.2, 0.25) is 0 Å². The molecule has 1 heterocycles. The standard InChI is InChI=1S/C16H17BrN2O/c1-13-6-5-9-15(18-13)16(20)19(11-10-17)12-14-7-3-2-4-8-14/h2-9H,10-12H2,1H3. The quantitative estimate of drug-likeness (QED) is 0.786. The van der Waals surface area contributed by atoms with Crippen LogP contribution < -0.4 is 0 Å². The fourth-order valence-corrected chi connectivity index (χ4v) is 2.41. The van der Waals surface area contributed by atoms with Gasteiger partial charge in [0.25, 0.3) is 5.91 Å². The number of amides is 1. The van der Waals surface area contributed by atoms with Crippen LogP contribution in [0.3, 0.4) is 0 Å². The molecule has 4 heteroatoms. The van der Waals surface area contributed by atoms with Gasteiger partial charge in [-0.05, 0) is 24.6 Å². The molecule has 3 nitrogen and oxygen atoms in total. The van der Waals surface area contributed by atoms with E-state index in [0.29, 0.717) is 18.8 Å². The van der Waals surface area contributed by atoms with Gasteiger partial charge in [-0.3, -0.25) is 4.79 Å². The highest BCUT2D eigenvalue weighted by Crippen LogP contribution is 2.10. The van der Waals surface area contributed by atoms with Crippen molar-refractivity contribution in [1.29, 1.82) is 0 Å². The average molecular weight is 333 g/mol. The predicted molar refractivity (Wildman–Crippen MR) is 84.0 cm³/mol. The van der Waals surface area contributed by atoms with E-state index in [4.69, 9.17) is 0 Å². The topological polar surface area (TPSA) is 33.2 Å². The number of halogens is 1. The molecule has 2 aromatic rings. The molecular weight excluding hydrogens is 316 g/mol. The summed E-state index contributed by atoms with van der Waals surface area (Å²) in [5.74, 6) is -0.0306. The van der Waals surface area contributed by atoms with Gasteiger partial charge in [-0.1, -0.05) is 52.3 Å². The largest absolute Gasteiger partial charge is 0.332 e. The second-order valence-electron chi connectivity index (χ2n) is 4.57. The minimum Gasteiger partial charge on any atom is -0.332 e. The zero-order valence-electron chi connectivity index (χ0n) is 11.4. The van der Waals surface area contributed by atoms with E-state index in [1.807, 2.05) is 54.3 Å². The second-order valence-corrected chi connectivity index (χ2v) is 5.36. The molecule has 0 unspecified atom stereocenters. The van der Waals surface area contributed by atoms with E-state index in [2.05, 4.69) is 20.9 Å². The van der Waals surface area contributed by atoms with Crippen molar-refractivity contribution in [3.05, 3.63) is 65.5 Å². The van der Waals surface area contributed by atoms with Crippen LogP contribution in [0.15, 0.2) is 48.5 Å². The van der Waals surface area contributed by atoms with E-state index in [-0.39, 0.29) is 5.91 Å². The number of benzene rings is 1. The van der Waals surface area contributed by atoms with Gasteiger partial charge in [0.05, 0.1) is 0 Å². The number of alkyl halides is 1. The molecule has 0 bridgehead atoms. The van der Waals surface area contributed by atoms with E-state index in [1.165, 1.54) is 0 Å². The molecule has 1 amide bonds. The summed E-state index contributed by atoms with van der Waals surface area (Å²) >= 11 is 3.40. The summed E-state index contributed by atoms with van der Waals surface area (Å²) in [6.07, 6.45) is 0. The molecule has 20 heavy (non-hydrogen) atoms. The molecule has 0 saturated carbocycles. The lowest BCUT2D eigenvalue weighted by molar-refractivity contribution is 0.0748. The Hall–Kier alpha value is -1.68. The third-order valence-electron chi connectivity index (χ3n) is 2.97. The highest BCUT2D eigenvalue weighted by atomic mass is 79.9. The summed E-state index contributed by atoms with van der Waals surface area (Å²) in [5, 5.41) is 0.747. The minimum absolute atomic E-state index is 0.0306. The van der Waals surface area contributed by atoms with Crippen molar-refractivity contribution in [1.82, 2.24) is 9.88 Å². The van der Waals surface area contributed by atoms with Crippen LogP contribution in [-0.4, -0.2) is 27.7 Å². The number of hydrogen-bond acceptors (Lipinski definition) is 2. The van der Waals surface area contributed by atoms with E-state index in [0.717, 1.165) is 16.6 Å². The first kappa shape index (κ1) is 14.7. The molecule has 0 aliphatic carbocycles.